The largest absolute Gasteiger partial charge is 0.383 e. The van der Waals surface area contributed by atoms with E-state index in [4.69, 9.17) is 17.3 Å². The van der Waals surface area contributed by atoms with Crippen LogP contribution in [-0.2, 0) is 6.42 Å². The molecule has 158 valence electrons. The first kappa shape index (κ1) is 20.0. The number of nitrogens with one attached hydrogen (secondary N) is 1. The van der Waals surface area contributed by atoms with Crippen LogP contribution in [0.3, 0.4) is 0 Å². The third-order valence-electron chi connectivity index (χ3n) is 5.42. The summed E-state index contributed by atoms with van der Waals surface area (Å²) in [5.41, 5.74) is 9.13. The van der Waals surface area contributed by atoms with Crippen LogP contribution in [0.5, 0.6) is 0 Å². The van der Waals surface area contributed by atoms with Crippen molar-refractivity contribution in [2.24, 2.45) is 0 Å². The van der Waals surface area contributed by atoms with Crippen molar-refractivity contribution in [2.75, 3.05) is 18.8 Å². The third kappa shape index (κ3) is 3.58. The molecule has 0 saturated heterocycles. The van der Waals surface area contributed by atoms with Gasteiger partial charge in [-0.2, -0.15) is 4.68 Å². The zero-order valence-corrected chi connectivity index (χ0v) is 18.2. The molecule has 1 aliphatic rings. The van der Waals surface area contributed by atoms with Crippen molar-refractivity contribution >= 4 is 28.8 Å². The normalized spacial score (nSPS) is 16.2. The first-order chi connectivity index (χ1) is 15.0. The molecule has 3 aromatic heterocycles. The van der Waals surface area contributed by atoms with Crippen molar-refractivity contribution in [3.63, 3.8) is 0 Å². The van der Waals surface area contributed by atoms with Gasteiger partial charge in [0.1, 0.15) is 11.5 Å². The molecule has 0 bridgehead atoms. The van der Waals surface area contributed by atoms with E-state index in [0.717, 1.165) is 30.0 Å². The molecule has 0 amide bonds. The SMILES string of the molecule is CC1CNCCc2sc(-c3cnc(N)c(-c4nnnn4-c4cccc(Cl)c4F)c3)cc21. The zero-order valence-electron chi connectivity index (χ0n) is 16.6. The summed E-state index contributed by atoms with van der Waals surface area (Å²) < 4.78 is 15.9. The van der Waals surface area contributed by atoms with Crippen LogP contribution in [0, 0.1) is 5.82 Å². The van der Waals surface area contributed by atoms with Gasteiger partial charge in [0.2, 0.25) is 0 Å². The highest BCUT2D eigenvalue weighted by atomic mass is 35.5. The van der Waals surface area contributed by atoms with Crippen molar-refractivity contribution in [3.05, 3.63) is 57.8 Å². The summed E-state index contributed by atoms with van der Waals surface area (Å²) in [5, 5.41) is 15.2. The molecule has 5 rings (SSSR count). The van der Waals surface area contributed by atoms with Gasteiger partial charge in [-0.1, -0.05) is 24.6 Å². The molecule has 0 radical (unpaired) electrons. The topological polar surface area (TPSA) is 94.5 Å². The van der Waals surface area contributed by atoms with Crippen molar-refractivity contribution in [1.29, 1.82) is 0 Å². The minimum absolute atomic E-state index is 0.0116. The molecule has 0 aliphatic carbocycles. The lowest BCUT2D eigenvalue weighted by Gasteiger charge is -2.09. The van der Waals surface area contributed by atoms with Crippen LogP contribution in [0.25, 0.3) is 27.5 Å². The molecule has 10 heteroatoms. The molecule has 1 unspecified atom stereocenters. The van der Waals surface area contributed by atoms with Crippen LogP contribution < -0.4 is 11.1 Å². The minimum Gasteiger partial charge on any atom is -0.383 e. The molecular formula is C21H19ClFN7S. The maximum atomic E-state index is 14.6. The van der Waals surface area contributed by atoms with E-state index in [1.807, 2.05) is 6.07 Å². The number of pyridine rings is 1. The summed E-state index contributed by atoms with van der Waals surface area (Å²) in [6.45, 7) is 4.17. The lowest BCUT2D eigenvalue weighted by molar-refractivity contribution is 0.608. The Labute approximate surface area is 187 Å². The fourth-order valence-electron chi connectivity index (χ4n) is 3.79. The molecule has 1 aliphatic heterocycles. The second kappa shape index (κ2) is 7.99. The van der Waals surface area contributed by atoms with E-state index in [1.165, 1.54) is 21.2 Å². The summed E-state index contributed by atoms with van der Waals surface area (Å²) in [6.07, 6.45) is 2.76. The first-order valence-electron chi connectivity index (χ1n) is 9.85. The van der Waals surface area contributed by atoms with Gasteiger partial charge in [0.25, 0.3) is 0 Å². The average Bonchev–Trinajstić information content (AvgIpc) is 3.37. The molecule has 0 fully saturated rings. The summed E-state index contributed by atoms with van der Waals surface area (Å²) in [5.74, 6) is 0.397. The van der Waals surface area contributed by atoms with Gasteiger partial charge in [-0.15, -0.1) is 16.4 Å². The van der Waals surface area contributed by atoms with Gasteiger partial charge in [0, 0.05) is 28.1 Å². The first-order valence-corrected chi connectivity index (χ1v) is 11.0. The van der Waals surface area contributed by atoms with Crippen LogP contribution in [-0.4, -0.2) is 38.3 Å². The van der Waals surface area contributed by atoms with Gasteiger partial charge in [-0.3, -0.25) is 0 Å². The van der Waals surface area contributed by atoms with Crippen LogP contribution in [0.2, 0.25) is 5.02 Å². The molecule has 3 N–H and O–H groups in total. The second-order valence-corrected chi connectivity index (χ2v) is 9.03. The Morgan fingerprint density at radius 1 is 1.32 bits per heavy atom. The second-order valence-electron chi connectivity index (χ2n) is 7.49. The number of nitrogens with two attached hydrogens (primary N) is 1. The molecule has 0 saturated carbocycles. The molecule has 4 heterocycles. The number of anilines is 1. The Hall–Kier alpha value is -2.88. The Kier molecular flexibility index (Phi) is 5.17. The highest BCUT2D eigenvalue weighted by molar-refractivity contribution is 7.15. The number of hydrogen-bond donors (Lipinski definition) is 2. The van der Waals surface area contributed by atoms with Crippen molar-refractivity contribution in [3.8, 4) is 27.5 Å². The van der Waals surface area contributed by atoms with E-state index in [1.54, 1.807) is 29.7 Å². The standard InChI is InChI=1S/C21H19ClFN7S/c1-11-9-25-6-5-17-13(11)8-18(31-17)12-7-14(20(24)26-10-12)21-27-28-29-30(21)16-4-2-3-15(22)19(16)23/h2-4,7-8,10-11,25H,5-6,9H2,1H3,(H2,24,26). The van der Waals surface area contributed by atoms with Gasteiger partial charge in [0.05, 0.1) is 10.6 Å². The maximum Gasteiger partial charge on any atom is 0.190 e. The predicted octanol–water partition coefficient (Wildman–Crippen LogP) is 4.08. The third-order valence-corrected chi connectivity index (χ3v) is 6.98. The van der Waals surface area contributed by atoms with Crippen LogP contribution in [0.15, 0.2) is 36.5 Å². The molecule has 7 nitrogen and oxygen atoms in total. The maximum absolute atomic E-state index is 14.6. The smallest absolute Gasteiger partial charge is 0.190 e. The highest BCUT2D eigenvalue weighted by Gasteiger charge is 2.21. The van der Waals surface area contributed by atoms with E-state index in [2.05, 4.69) is 38.8 Å². The zero-order chi connectivity index (χ0) is 21.5. The Bertz CT molecular complexity index is 1270. The van der Waals surface area contributed by atoms with Gasteiger partial charge in [0.15, 0.2) is 11.6 Å². The van der Waals surface area contributed by atoms with E-state index >= 15 is 0 Å². The molecule has 1 aromatic carbocycles. The summed E-state index contributed by atoms with van der Waals surface area (Å²) in [4.78, 5) is 6.87. The number of tetrazole rings is 1. The number of fused-ring (bicyclic) bond motifs is 1. The molecule has 0 spiro atoms. The molecule has 31 heavy (non-hydrogen) atoms. The highest BCUT2D eigenvalue weighted by Crippen LogP contribution is 2.38. The summed E-state index contributed by atoms with van der Waals surface area (Å²) in [6, 6.07) is 8.80. The number of benzene rings is 1. The number of nitrogens with zero attached hydrogens (tertiary/aromatic N) is 5. The van der Waals surface area contributed by atoms with Crippen LogP contribution >= 0.6 is 22.9 Å². The van der Waals surface area contributed by atoms with E-state index in [-0.39, 0.29) is 16.5 Å². The lowest BCUT2D eigenvalue weighted by atomic mass is 10.0. The number of rotatable bonds is 3. The predicted molar refractivity (Wildman–Crippen MR) is 120 cm³/mol. The summed E-state index contributed by atoms with van der Waals surface area (Å²) in [7, 11) is 0. The minimum atomic E-state index is -0.606. The van der Waals surface area contributed by atoms with E-state index < -0.39 is 5.82 Å². The van der Waals surface area contributed by atoms with Crippen molar-refractivity contribution in [2.45, 2.75) is 19.3 Å². The molecule has 1 atom stereocenters. The van der Waals surface area contributed by atoms with Gasteiger partial charge >= 0.3 is 0 Å². The lowest BCUT2D eigenvalue weighted by Crippen LogP contribution is -2.18. The molecular weight excluding hydrogens is 437 g/mol. The van der Waals surface area contributed by atoms with Crippen molar-refractivity contribution < 1.29 is 4.39 Å². The Morgan fingerprint density at radius 2 is 2.19 bits per heavy atom. The van der Waals surface area contributed by atoms with Gasteiger partial charge < -0.3 is 11.1 Å². The van der Waals surface area contributed by atoms with Crippen molar-refractivity contribution in [1.82, 2.24) is 30.5 Å². The van der Waals surface area contributed by atoms with E-state index in [0.29, 0.717) is 17.3 Å². The fourth-order valence-corrected chi connectivity index (χ4v) is 5.22. The summed E-state index contributed by atoms with van der Waals surface area (Å²) >= 11 is 7.71. The quantitative estimate of drug-likeness (QED) is 0.483. The number of thiophene rings is 1. The Balaban J connectivity index is 1.60. The van der Waals surface area contributed by atoms with Gasteiger partial charge in [-0.25, -0.2) is 9.37 Å². The average molecular weight is 456 g/mol. The Morgan fingerprint density at radius 3 is 3.06 bits per heavy atom. The monoisotopic (exact) mass is 455 g/mol. The number of halogens is 2. The number of hydrogen-bond acceptors (Lipinski definition) is 7. The number of aromatic nitrogens is 5. The number of nitrogen functional groups attached to an aromatic ring is 1. The fraction of sp³-hybridized carbons (Fsp3) is 0.238. The van der Waals surface area contributed by atoms with Crippen LogP contribution in [0.4, 0.5) is 10.2 Å². The van der Waals surface area contributed by atoms with Crippen LogP contribution in [0.1, 0.15) is 23.3 Å². The van der Waals surface area contributed by atoms with E-state index in [9.17, 15) is 4.39 Å². The molecule has 4 aromatic rings. The van der Waals surface area contributed by atoms with Gasteiger partial charge in [-0.05, 0) is 59.1 Å².